The van der Waals surface area contributed by atoms with Crippen LogP contribution >= 0.6 is 11.3 Å². The van der Waals surface area contributed by atoms with Gasteiger partial charge in [-0.1, -0.05) is 24.3 Å². The summed E-state index contributed by atoms with van der Waals surface area (Å²) in [4.78, 5) is 0. The molecule has 0 bridgehead atoms. The molecule has 3 rings (SSSR count). The molecule has 2 aromatic carbocycles. The summed E-state index contributed by atoms with van der Waals surface area (Å²) < 4.78 is 1.32. The summed E-state index contributed by atoms with van der Waals surface area (Å²) in [5.41, 5.74) is 0. The minimum absolute atomic E-state index is 1.20. The molecule has 0 unspecified atom stereocenters. The summed E-state index contributed by atoms with van der Waals surface area (Å²) in [6.07, 6.45) is 0. The van der Waals surface area contributed by atoms with Gasteiger partial charge < -0.3 is 0 Å². The van der Waals surface area contributed by atoms with E-state index >= 15 is 0 Å². The third-order valence-corrected chi connectivity index (χ3v) is 3.08. The smallest absolute Gasteiger partial charge is 0.0355 e. The molecule has 0 saturated carbocycles. The zero-order valence-electron chi connectivity index (χ0n) is 6.95. The fourth-order valence-electron chi connectivity index (χ4n) is 1.56. The second kappa shape index (κ2) is 2.57. The standard InChI is InChI=1S/C12H7S/c1-2-4-10-8-12-11(5-6-13-12)7-9(10)3-1/h1-6,8H. The summed E-state index contributed by atoms with van der Waals surface area (Å²) in [5.74, 6) is 0. The highest BCUT2D eigenvalue weighted by atomic mass is 32.1. The lowest BCUT2D eigenvalue weighted by atomic mass is 10.1. The maximum atomic E-state index is 3.40. The molecule has 1 heteroatoms. The van der Waals surface area contributed by atoms with Gasteiger partial charge in [-0.2, -0.15) is 0 Å². The van der Waals surface area contributed by atoms with Gasteiger partial charge in [0.25, 0.3) is 0 Å². The van der Waals surface area contributed by atoms with Gasteiger partial charge in [-0.3, -0.25) is 0 Å². The van der Waals surface area contributed by atoms with E-state index in [1.165, 1.54) is 20.9 Å². The summed E-state index contributed by atoms with van der Waals surface area (Å²) in [6, 6.07) is 16.1. The Bertz CT molecular complexity index is 514. The number of benzene rings is 2. The van der Waals surface area contributed by atoms with Crippen molar-refractivity contribution < 1.29 is 0 Å². The fraction of sp³-hybridized carbons (Fsp3) is 0. The molecule has 0 nitrogen and oxygen atoms in total. The molecule has 0 atom stereocenters. The highest BCUT2D eigenvalue weighted by molar-refractivity contribution is 7.17. The molecular weight excluding hydrogens is 176 g/mol. The molecule has 0 aliphatic carbocycles. The van der Waals surface area contributed by atoms with Crippen molar-refractivity contribution in [3.63, 3.8) is 0 Å². The van der Waals surface area contributed by atoms with Crippen LogP contribution < -0.4 is 0 Å². The molecule has 0 saturated heterocycles. The minimum atomic E-state index is 1.20. The van der Waals surface area contributed by atoms with Gasteiger partial charge in [-0.25, -0.2) is 0 Å². The number of hydrogen-bond acceptors (Lipinski definition) is 1. The van der Waals surface area contributed by atoms with E-state index in [4.69, 9.17) is 0 Å². The van der Waals surface area contributed by atoms with Crippen LogP contribution in [-0.2, 0) is 0 Å². The zero-order valence-corrected chi connectivity index (χ0v) is 7.77. The van der Waals surface area contributed by atoms with Crippen LogP contribution in [0, 0.1) is 6.07 Å². The van der Waals surface area contributed by atoms with Crippen LogP contribution in [0.2, 0.25) is 0 Å². The van der Waals surface area contributed by atoms with Crippen molar-refractivity contribution in [2.75, 3.05) is 0 Å². The van der Waals surface area contributed by atoms with Gasteiger partial charge in [0.2, 0.25) is 0 Å². The van der Waals surface area contributed by atoms with Crippen LogP contribution in [0.5, 0.6) is 0 Å². The van der Waals surface area contributed by atoms with E-state index in [0.29, 0.717) is 0 Å². The first-order valence-electron chi connectivity index (χ1n) is 4.22. The van der Waals surface area contributed by atoms with Gasteiger partial charge >= 0.3 is 0 Å². The summed E-state index contributed by atoms with van der Waals surface area (Å²) in [6.45, 7) is 0. The maximum Gasteiger partial charge on any atom is 0.0355 e. The van der Waals surface area contributed by atoms with Crippen molar-refractivity contribution in [1.29, 1.82) is 0 Å². The third-order valence-electron chi connectivity index (χ3n) is 2.21. The molecule has 0 amide bonds. The summed E-state index contributed by atoms with van der Waals surface area (Å²) in [5, 5.41) is 5.81. The van der Waals surface area contributed by atoms with Crippen molar-refractivity contribution in [2.24, 2.45) is 0 Å². The summed E-state index contributed by atoms with van der Waals surface area (Å²) in [7, 11) is 0. The van der Waals surface area contributed by atoms with Gasteiger partial charge in [-0.15, -0.1) is 11.3 Å². The molecule has 0 fully saturated rings. The molecule has 0 spiro atoms. The molecule has 1 aromatic heterocycles. The third kappa shape index (κ3) is 1.04. The molecule has 1 heterocycles. The van der Waals surface area contributed by atoms with Gasteiger partial charge in [0, 0.05) is 10.1 Å². The van der Waals surface area contributed by atoms with E-state index in [1.54, 1.807) is 11.3 Å². The number of thiophene rings is 1. The Kier molecular flexibility index (Phi) is 1.41. The van der Waals surface area contributed by atoms with Crippen molar-refractivity contribution in [3.8, 4) is 0 Å². The molecule has 3 aromatic rings. The van der Waals surface area contributed by atoms with Crippen LogP contribution in [-0.4, -0.2) is 0 Å². The second-order valence-electron chi connectivity index (χ2n) is 3.06. The quantitative estimate of drug-likeness (QED) is 0.496. The van der Waals surface area contributed by atoms with E-state index in [0.717, 1.165) is 0 Å². The van der Waals surface area contributed by atoms with Crippen LogP contribution in [0.15, 0.2) is 41.8 Å². The Morgan fingerprint density at radius 2 is 1.92 bits per heavy atom. The fourth-order valence-corrected chi connectivity index (χ4v) is 2.35. The molecule has 61 valence electrons. The highest BCUT2D eigenvalue weighted by Crippen LogP contribution is 2.25. The van der Waals surface area contributed by atoms with E-state index in [9.17, 15) is 0 Å². The van der Waals surface area contributed by atoms with Gasteiger partial charge in [0.1, 0.15) is 0 Å². The molecule has 0 aliphatic heterocycles. The minimum Gasteiger partial charge on any atom is -0.144 e. The molecular formula is C12H7S. The average Bonchev–Trinajstić information content (AvgIpc) is 2.61. The van der Waals surface area contributed by atoms with Crippen molar-refractivity contribution in [1.82, 2.24) is 0 Å². The molecule has 0 aliphatic rings. The molecule has 0 N–H and O–H groups in total. The Balaban J connectivity index is 2.57. The van der Waals surface area contributed by atoms with E-state index in [1.807, 2.05) is 0 Å². The second-order valence-corrected chi connectivity index (χ2v) is 4.00. The summed E-state index contributed by atoms with van der Waals surface area (Å²) >= 11 is 1.77. The van der Waals surface area contributed by atoms with Crippen LogP contribution in [0.4, 0.5) is 0 Å². The van der Waals surface area contributed by atoms with Crippen LogP contribution in [0.3, 0.4) is 0 Å². The van der Waals surface area contributed by atoms with Crippen LogP contribution in [0.1, 0.15) is 0 Å². The van der Waals surface area contributed by atoms with Gasteiger partial charge in [0.15, 0.2) is 0 Å². The predicted octanol–water partition coefficient (Wildman–Crippen LogP) is 3.85. The topological polar surface area (TPSA) is 0 Å². The Hall–Kier alpha value is -1.34. The molecule has 1 radical (unpaired) electrons. The first kappa shape index (κ1) is 7.10. The highest BCUT2D eigenvalue weighted by Gasteiger charge is 1.97. The van der Waals surface area contributed by atoms with Crippen molar-refractivity contribution in [3.05, 3.63) is 47.8 Å². The van der Waals surface area contributed by atoms with Crippen LogP contribution in [0.25, 0.3) is 20.9 Å². The van der Waals surface area contributed by atoms with E-state index in [2.05, 4.69) is 47.8 Å². The Morgan fingerprint density at radius 3 is 2.92 bits per heavy atom. The monoisotopic (exact) mass is 183 g/mol. The lowest BCUT2D eigenvalue weighted by Gasteiger charge is -1.95. The first-order chi connectivity index (χ1) is 6.43. The predicted molar refractivity (Wildman–Crippen MR) is 58.2 cm³/mol. The Labute approximate surface area is 80.4 Å². The SMILES string of the molecule is [c]1c2ccccc2cc2sccc12. The molecule has 13 heavy (non-hydrogen) atoms. The van der Waals surface area contributed by atoms with E-state index < -0.39 is 0 Å². The first-order valence-corrected chi connectivity index (χ1v) is 5.10. The lowest BCUT2D eigenvalue weighted by Crippen LogP contribution is -1.70. The average molecular weight is 183 g/mol. The number of rotatable bonds is 0. The maximum absolute atomic E-state index is 3.40. The van der Waals surface area contributed by atoms with Crippen molar-refractivity contribution in [2.45, 2.75) is 0 Å². The lowest BCUT2D eigenvalue weighted by molar-refractivity contribution is 1.81. The van der Waals surface area contributed by atoms with Gasteiger partial charge in [-0.05, 0) is 34.4 Å². The Morgan fingerprint density at radius 1 is 1.00 bits per heavy atom. The van der Waals surface area contributed by atoms with E-state index in [-0.39, 0.29) is 0 Å². The van der Waals surface area contributed by atoms with Gasteiger partial charge in [0.05, 0.1) is 0 Å². The normalized spacial score (nSPS) is 11.1. The zero-order chi connectivity index (χ0) is 8.67. The number of hydrogen-bond donors (Lipinski definition) is 0. The van der Waals surface area contributed by atoms with Crippen molar-refractivity contribution >= 4 is 32.2 Å². The number of fused-ring (bicyclic) bond motifs is 2. The largest absolute Gasteiger partial charge is 0.144 e.